The van der Waals surface area contributed by atoms with Crippen LogP contribution in [0.25, 0.3) is 21.7 Å². The first-order chi connectivity index (χ1) is 17.9. The van der Waals surface area contributed by atoms with E-state index in [0.717, 1.165) is 44.3 Å². The third-order valence-corrected chi connectivity index (χ3v) is 7.41. The number of pyridine rings is 1. The molecule has 37 heavy (non-hydrogen) atoms. The number of ether oxygens (including phenoxy) is 3. The second-order valence-electron chi connectivity index (χ2n) is 8.98. The number of rotatable bonds is 11. The van der Waals surface area contributed by atoms with Crippen molar-refractivity contribution in [1.29, 1.82) is 0 Å². The Morgan fingerprint density at radius 3 is 2.65 bits per heavy atom. The number of benzene rings is 1. The number of nitrogens with one attached hydrogen (secondary N) is 1. The van der Waals surface area contributed by atoms with Crippen LogP contribution in [0.15, 0.2) is 48.0 Å². The van der Waals surface area contributed by atoms with Crippen LogP contribution in [0.4, 0.5) is 10.9 Å². The number of methoxy groups -OCH3 is 2. The Bertz CT molecular complexity index is 1350. The fraction of sp³-hybridized carbons (Fsp3) is 0.321. The van der Waals surface area contributed by atoms with E-state index in [4.69, 9.17) is 19.2 Å². The van der Waals surface area contributed by atoms with Crippen molar-refractivity contribution in [2.75, 3.05) is 32.8 Å². The van der Waals surface area contributed by atoms with Gasteiger partial charge in [-0.3, -0.25) is 0 Å². The molecule has 0 spiro atoms. The van der Waals surface area contributed by atoms with Gasteiger partial charge in [0.25, 0.3) is 0 Å². The SMILES string of the molecule is COCCOc1cc(C)cc(-c2nc(Nc3ncc(-c4cccs4)cc3C(=O)OC)sc2CC(C)C)c1. The van der Waals surface area contributed by atoms with Crippen LogP contribution in [-0.4, -0.2) is 43.4 Å². The Hall–Kier alpha value is -3.27. The zero-order valence-electron chi connectivity index (χ0n) is 21.7. The smallest absolute Gasteiger partial charge is 0.341 e. The number of aryl methyl sites for hydroxylation is 1. The normalized spacial score (nSPS) is 11.1. The Kier molecular flexibility index (Phi) is 8.91. The number of aromatic nitrogens is 2. The van der Waals surface area contributed by atoms with E-state index in [0.29, 0.717) is 35.6 Å². The summed E-state index contributed by atoms with van der Waals surface area (Å²) in [6.45, 7) is 7.42. The summed E-state index contributed by atoms with van der Waals surface area (Å²) in [5, 5.41) is 5.94. The number of thiazole rings is 1. The molecule has 0 fully saturated rings. The summed E-state index contributed by atoms with van der Waals surface area (Å²) >= 11 is 3.16. The number of thiophene rings is 1. The molecule has 0 amide bonds. The Morgan fingerprint density at radius 2 is 1.95 bits per heavy atom. The molecule has 1 N–H and O–H groups in total. The van der Waals surface area contributed by atoms with E-state index < -0.39 is 5.97 Å². The zero-order chi connectivity index (χ0) is 26.4. The highest BCUT2D eigenvalue weighted by Crippen LogP contribution is 2.37. The van der Waals surface area contributed by atoms with Crippen molar-refractivity contribution in [2.45, 2.75) is 27.2 Å². The molecule has 3 heterocycles. The Morgan fingerprint density at radius 1 is 1.11 bits per heavy atom. The van der Waals surface area contributed by atoms with Crippen LogP contribution in [-0.2, 0) is 15.9 Å². The lowest BCUT2D eigenvalue weighted by atomic mass is 10.0. The largest absolute Gasteiger partial charge is 0.491 e. The van der Waals surface area contributed by atoms with E-state index in [1.807, 2.05) is 36.6 Å². The number of carbonyl (C=O) groups excluding carboxylic acids is 1. The van der Waals surface area contributed by atoms with Gasteiger partial charge in [-0.05, 0) is 60.5 Å². The number of hydrogen-bond acceptors (Lipinski definition) is 9. The first-order valence-corrected chi connectivity index (χ1v) is 13.7. The van der Waals surface area contributed by atoms with Crippen LogP contribution in [0.3, 0.4) is 0 Å². The van der Waals surface area contributed by atoms with E-state index in [-0.39, 0.29) is 0 Å². The van der Waals surface area contributed by atoms with Crippen LogP contribution >= 0.6 is 22.7 Å². The van der Waals surface area contributed by atoms with E-state index in [2.05, 4.69) is 30.2 Å². The lowest BCUT2D eigenvalue weighted by Crippen LogP contribution is -2.07. The molecule has 0 radical (unpaired) electrons. The molecule has 0 unspecified atom stereocenters. The number of anilines is 2. The van der Waals surface area contributed by atoms with E-state index >= 15 is 0 Å². The van der Waals surface area contributed by atoms with Crippen molar-refractivity contribution >= 4 is 39.6 Å². The van der Waals surface area contributed by atoms with Crippen LogP contribution < -0.4 is 10.1 Å². The van der Waals surface area contributed by atoms with E-state index in [1.165, 1.54) is 7.11 Å². The minimum Gasteiger partial charge on any atom is -0.491 e. The topological polar surface area (TPSA) is 82.6 Å². The van der Waals surface area contributed by atoms with Gasteiger partial charge in [-0.1, -0.05) is 19.9 Å². The highest BCUT2D eigenvalue weighted by Gasteiger charge is 2.20. The van der Waals surface area contributed by atoms with Crippen molar-refractivity contribution in [3.8, 4) is 27.4 Å². The first-order valence-electron chi connectivity index (χ1n) is 12.0. The maximum Gasteiger partial charge on any atom is 0.341 e. The van der Waals surface area contributed by atoms with Crippen molar-refractivity contribution in [2.24, 2.45) is 5.92 Å². The minimum absolute atomic E-state index is 0.361. The zero-order valence-corrected chi connectivity index (χ0v) is 23.3. The molecule has 4 rings (SSSR count). The molecular weight excluding hydrogens is 506 g/mol. The highest BCUT2D eigenvalue weighted by molar-refractivity contribution is 7.16. The van der Waals surface area contributed by atoms with Gasteiger partial charge in [0.2, 0.25) is 0 Å². The summed E-state index contributed by atoms with van der Waals surface area (Å²) in [5.74, 6) is 1.19. The summed E-state index contributed by atoms with van der Waals surface area (Å²) in [4.78, 5) is 24.3. The van der Waals surface area contributed by atoms with Gasteiger partial charge in [0.05, 0.1) is 19.4 Å². The Balaban J connectivity index is 1.70. The molecule has 1 aromatic carbocycles. The molecule has 4 aromatic rings. The fourth-order valence-corrected chi connectivity index (χ4v) is 5.76. The second kappa shape index (κ2) is 12.3. The van der Waals surface area contributed by atoms with E-state index in [9.17, 15) is 4.79 Å². The monoisotopic (exact) mass is 537 g/mol. The van der Waals surface area contributed by atoms with Gasteiger partial charge in [0.15, 0.2) is 5.13 Å². The molecule has 7 nitrogen and oxygen atoms in total. The lowest BCUT2D eigenvalue weighted by Gasteiger charge is -2.10. The Labute approximate surface area is 225 Å². The molecule has 0 aliphatic heterocycles. The van der Waals surface area contributed by atoms with Crippen molar-refractivity contribution in [3.63, 3.8) is 0 Å². The van der Waals surface area contributed by atoms with Crippen LogP contribution in [0.1, 0.15) is 34.6 Å². The second-order valence-corrected chi connectivity index (χ2v) is 11.0. The third-order valence-electron chi connectivity index (χ3n) is 5.50. The van der Waals surface area contributed by atoms with Gasteiger partial charge in [0.1, 0.15) is 23.7 Å². The molecule has 0 aliphatic rings. The summed E-state index contributed by atoms with van der Waals surface area (Å²) in [6, 6.07) is 11.9. The summed E-state index contributed by atoms with van der Waals surface area (Å²) < 4.78 is 16.0. The first kappa shape index (κ1) is 26.8. The van der Waals surface area contributed by atoms with Crippen molar-refractivity contribution in [1.82, 2.24) is 9.97 Å². The molecular formula is C28H31N3O4S2. The summed E-state index contributed by atoms with van der Waals surface area (Å²) in [6.07, 6.45) is 2.63. The third kappa shape index (κ3) is 6.74. The quantitative estimate of drug-likeness (QED) is 0.163. The summed E-state index contributed by atoms with van der Waals surface area (Å²) in [5.41, 5.74) is 4.20. The average molecular weight is 538 g/mol. The average Bonchev–Trinajstić information content (AvgIpc) is 3.54. The maximum atomic E-state index is 12.6. The predicted molar refractivity (Wildman–Crippen MR) is 150 cm³/mol. The fourth-order valence-electron chi connectivity index (χ4n) is 3.86. The van der Waals surface area contributed by atoms with Crippen LogP contribution in [0, 0.1) is 12.8 Å². The van der Waals surface area contributed by atoms with Gasteiger partial charge >= 0.3 is 5.97 Å². The number of hydrogen-bond donors (Lipinski definition) is 1. The number of esters is 1. The molecule has 0 bridgehead atoms. The molecule has 0 saturated heterocycles. The van der Waals surface area contributed by atoms with Crippen molar-refractivity contribution < 1.29 is 19.0 Å². The van der Waals surface area contributed by atoms with Gasteiger partial charge in [-0.15, -0.1) is 22.7 Å². The maximum absolute atomic E-state index is 12.6. The van der Waals surface area contributed by atoms with Gasteiger partial charge < -0.3 is 19.5 Å². The number of nitrogens with zero attached hydrogens (tertiary/aromatic N) is 2. The van der Waals surface area contributed by atoms with Crippen LogP contribution in [0.5, 0.6) is 5.75 Å². The van der Waals surface area contributed by atoms with Crippen LogP contribution in [0.2, 0.25) is 0 Å². The number of carbonyl (C=O) groups is 1. The standard InChI is InChI=1S/C28H31N3O4S2/c1-17(2)11-24-25(19-12-18(3)13-21(14-19)35-9-8-33-4)30-28(37-24)31-26-22(27(32)34-5)15-20(16-29-26)23-7-6-10-36-23/h6-7,10,12-17H,8-9,11H2,1-5H3,(H,29,30,31). The molecule has 0 atom stereocenters. The molecule has 3 aromatic heterocycles. The lowest BCUT2D eigenvalue weighted by molar-refractivity contribution is 0.0601. The van der Waals surface area contributed by atoms with E-state index in [1.54, 1.807) is 42.0 Å². The van der Waals surface area contributed by atoms with Gasteiger partial charge in [-0.25, -0.2) is 14.8 Å². The highest BCUT2D eigenvalue weighted by atomic mass is 32.1. The summed E-state index contributed by atoms with van der Waals surface area (Å²) in [7, 11) is 3.03. The van der Waals surface area contributed by atoms with Crippen molar-refractivity contribution in [3.05, 3.63) is 64.0 Å². The minimum atomic E-state index is -0.455. The molecule has 194 valence electrons. The molecule has 0 aliphatic carbocycles. The predicted octanol–water partition coefficient (Wildman–Crippen LogP) is 7.00. The van der Waals surface area contributed by atoms with Gasteiger partial charge in [-0.2, -0.15) is 0 Å². The van der Waals surface area contributed by atoms with Gasteiger partial charge in [0, 0.05) is 34.2 Å². The molecule has 9 heteroatoms. The molecule has 0 saturated carbocycles.